The van der Waals surface area contributed by atoms with Gasteiger partial charge in [0.05, 0.1) is 6.10 Å². The Morgan fingerprint density at radius 3 is 1.88 bits per heavy atom. The highest BCUT2D eigenvalue weighted by Gasteiger charge is 2.19. The van der Waals surface area contributed by atoms with Gasteiger partial charge >= 0.3 is 0 Å². The third kappa shape index (κ3) is 5.69. The van der Waals surface area contributed by atoms with Crippen LogP contribution in [0.25, 0.3) is 0 Å². The lowest BCUT2D eigenvalue weighted by molar-refractivity contribution is 0.156. The van der Waals surface area contributed by atoms with Gasteiger partial charge < -0.3 is 10.4 Å². The van der Waals surface area contributed by atoms with Crippen molar-refractivity contribution < 1.29 is 13.9 Å². The largest absolute Gasteiger partial charge is 0.392 e. The Labute approximate surface area is 142 Å². The minimum atomic E-state index is -0.526. The van der Waals surface area contributed by atoms with E-state index in [0.717, 1.165) is 30.5 Å². The molecule has 0 amide bonds. The molecule has 0 radical (unpaired) electrons. The molecule has 0 aliphatic heterocycles. The zero-order valence-electron chi connectivity index (χ0n) is 14.0. The van der Waals surface area contributed by atoms with Gasteiger partial charge in [0.1, 0.15) is 11.6 Å². The first-order valence-electron chi connectivity index (χ1n) is 8.50. The zero-order chi connectivity index (χ0) is 17.4. The Bertz CT molecular complexity index is 553. The molecule has 4 heteroatoms. The van der Waals surface area contributed by atoms with Crippen LogP contribution in [0.2, 0.25) is 0 Å². The summed E-state index contributed by atoms with van der Waals surface area (Å²) in [6, 6.07) is 12.5. The number of hydrogen-bond donors (Lipinski definition) is 2. The van der Waals surface area contributed by atoms with Gasteiger partial charge in [0.2, 0.25) is 0 Å². The van der Waals surface area contributed by atoms with Crippen molar-refractivity contribution in [2.75, 3.05) is 13.1 Å². The molecule has 0 saturated carbocycles. The molecule has 2 N–H and O–H groups in total. The van der Waals surface area contributed by atoms with Gasteiger partial charge in [-0.15, -0.1) is 0 Å². The first kappa shape index (κ1) is 18.6. The van der Waals surface area contributed by atoms with Crippen LogP contribution in [0.3, 0.4) is 0 Å². The van der Waals surface area contributed by atoms with Gasteiger partial charge in [-0.05, 0) is 54.8 Å². The van der Waals surface area contributed by atoms with Crippen LogP contribution in [0.1, 0.15) is 43.2 Å². The number of nitrogens with one attached hydrogen (secondary N) is 1. The zero-order valence-corrected chi connectivity index (χ0v) is 14.0. The van der Waals surface area contributed by atoms with E-state index in [1.807, 2.05) is 0 Å². The quantitative estimate of drug-likeness (QED) is 0.673. The lowest BCUT2D eigenvalue weighted by atomic mass is 9.86. The van der Waals surface area contributed by atoms with Crippen LogP contribution >= 0.6 is 0 Å². The molecule has 1 atom stereocenters. The molecule has 0 bridgehead atoms. The summed E-state index contributed by atoms with van der Waals surface area (Å²) in [5.74, 6) is -0.689. The summed E-state index contributed by atoms with van der Waals surface area (Å²) in [6.07, 6.45) is 2.15. The third-order valence-electron chi connectivity index (χ3n) is 4.14. The van der Waals surface area contributed by atoms with Gasteiger partial charge in [-0.3, -0.25) is 0 Å². The second kappa shape index (κ2) is 9.50. The summed E-state index contributed by atoms with van der Waals surface area (Å²) in [7, 11) is 0. The number of rotatable bonds is 9. The number of halogens is 2. The van der Waals surface area contributed by atoms with E-state index in [1.54, 1.807) is 24.3 Å². The predicted octanol–water partition coefficient (Wildman–Crippen LogP) is 4.24. The van der Waals surface area contributed by atoms with Crippen LogP contribution < -0.4 is 5.32 Å². The topological polar surface area (TPSA) is 32.3 Å². The Balaban J connectivity index is 2.10. The first-order chi connectivity index (χ1) is 11.6. The summed E-state index contributed by atoms with van der Waals surface area (Å²) in [6.45, 7) is 3.52. The molecule has 2 nitrogen and oxygen atoms in total. The highest BCUT2D eigenvalue weighted by molar-refractivity contribution is 5.33. The molecule has 0 spiro atoms. The second-order valence-corrected chi connectivity index (χ2v) is 6.10. The summed E-state index contributed by atoms with van der Waals surface area (Å²) in [5.41, 5.74) is 1.83. The van der Waals surface area contributed by atoms with Crippen LogP contribution in [0.5, 0.6) is 0 Å². The molecule has 0 aliphatic rings. The molecule has 2 aromatic rings. The highest BCUT2D eigenvalue weighted by Crippen LogP contribution is 2.29. The van der Waals surface area contributed by atoms with Crippen molar-refractivity contribution in [2.24, 2.45) is 0 Å². The molecule has 2 rings (SSSR count). The lowest BCUT2D eigenvalue weighted by Gasteiger charge is -2.22. The van der Waals surface area contributed by atoms with E-state index in [1.165, 1.54) is 24.3 Å². The molecule has 0 heterocycles. The van der Waals surface area contributed by atoms with Crippen LogP contribution in [0.4, 0.5) is 8.78 Å². The summed E-state index contributed by atoms with van der Waals surface area (Å²) >= 11 is 0. The van der Waals surface area contributed by atoms with Crippen molar-refractivity contribution in [3.8, 4) is 0 Å². The maximum Gasteiger partial charge on any atom is 0.123 e. The maximum absolute atomic E-state index is 13.2. The third-order valence-corrected chi connectivity index (χ3v) is 4.14. The number of aliphatic hydroxyl groups is 1. The van der Waals surface area contributed by atoms with Gasteiger partial charge in [0, 0.05) is 12.5 Å². The molecule has 24 heavy (non-hydrogen) atoms. The minimum absolute atomic E-state index is 0.103. The molecule has 0 saturated heterocycles. The minimum Gasteiger partial charge on any atom is -0.392 e. The number of aliphatic hydroxyl groups excluding tert-OH is 1. The van der Waals surface area contributed by atoms with Crippen molar-refractivity contribution >= 4 is 0 Å². The highest BCUT2D eigenvalue weighted by atomic mass is 19.1. The van der Waals surface area contributed by atoms with Crippen LogP contribution in [0.15, 0.2) is 48.5 Å². The first-order valence-corrected chi connectivity index (χ1v) is 8.50. The van der Waals surface area contributed by atoms with Crippen molar-refractivity contribution in [3.63, 3.8) is 0 Å². The summed E-state index contributed by atoms with van der Waals surface area (Å²) in [5, 5.41) is 13.6. The van der Waals surface area contributed by atoms with Gasteiger partial charge in [-0.1, -0.05) is 37.6 Å². The molecule has 0 aromatic heterocycles. The standard InChI is InChI=1S/C20H25F2NO/c1-2-3-12-23-14-19(24)13-20(15-4-8-17(21)9-5-15)16-6-10-18(22)11-7-16/h4-11,19-20,23-24H,2-3,12-14H2,1H3. The molecular weight excluding hydrogens is 308 g/mol. The molecule has 2 aromatic carbocycles. The average molecular weight is 333 g/mol. The number of benzene rings is 2. The smallest absolute Gasteiger partial charge is 0.123 e. The Kier molecular flexibility index (Phi) is 7.35. The van der Waals surface area contributed by atoms with E-state index in [9.17, 15) is 13.9 Å². The Morgan fingerprint density at radius 1 is 0.917 bits per heavy atom. The van der Waals surface area contributed by atoms with Crippen LogP contribution in [0, 0.1) is 11.6 Å². The van der Waals surface area contributed by atoms with Crippen molar-refractivity contribution in [1.82, 2.24) is 5.32 Å². The predicted molar refractivity (Wildman–Crippen MR) is 93.0 cm³/mol. The molecule has 0 fully saturated rings. The summed E-state index contributed by atoms with van der Waals surface area (Å²) < 4.78 is 26.4. The second-order valence-electron chi connectivity index (χ2n) is 6.10. The van der Waals surface area contributed by atoms with Gasteiger partial charge in [0.25, 0.3) is 0 Å². The van der Waals surface area contributed by atoms with E-state index in [-0.39, 0.29) is 17.6 Å². The van der Waals surface area contributed by atoms with Gasteiger partial charge in [-0.2, -0.15) is 0 Å². The fourth-order valence-corrected chi connectivity index (χ4v) is 2.78. The van der Waals surface area contributed by atoms with Crippen molar-refractivity contribution in [3.05, 3.63) is 71.3 Å². The Hall–Kier alpha value is -1.78. The van der Waals surface area contributed by atoms with Crippen molar-refractivity contribution in [1.29, 1.82) is 0 Å². The monoisotopic (exact) mass is 333 g/mol. The lowest BCUT2D eigenvalue weighted by Crippen LogP contribution is -2.29. The van der Waals surface area contributed by atoms with Crippen molar-refractivity contribution in [2.45, 2.75) is 38.2 Å². The maximum atomic E-state index is 13.2. The SMILES string of the molecule is CCCCNCC(O)CC(c1ccc(F)cc1)c1ccc(F)cc1. The normalized spacial score (nSPS) is 12.5. The molecular formula is C20H25F2NO. The average Bonchev–Trinajstić information content (AvgIpc) is 2.58. The van der Waals surface area contributed by atoms with E-state index in [2.05, 4.69) is 12.2 Å². The molecule has 1 unspecified atom stereocenters. The molecule has 0 aliphatic carbocycles. The summed E-state index contributed by atoms with van der Waals surface area (Å²) in [4.78, 5) is 0. The van der Waals surface area contributed by atoms with E-state index in [4.69, 9.17) is 0 Å². The van der Waals surface area contributed by atoms with E-state index in [0.29, 0.717) is 13.0 Å². The molecule has 130 valence electrons. The fraction of sp³-hybridized carbons (Fsp3) is 0.400. The van der Waals surface area contributed by atoms with Gasteiger partial charge in [-0.25, -0.2) is 8.78 Å². The number of unbranched alkanes of at least 4 members (excludes halogenated alkanes) is 1. The van der Waals surface area contributed by atoms with Crippen LogP contribution in [-0.4, -0.2) is 24.3 Å². The fourth-order valence-electron chi connectivity index (χ4n) is 2.78. The Morgan fingerprint density at radius 2 is 1.42 bits per heavy atom. The van der Waals surface area contributed by atoms with E-state index >= 15 is 0 Å². The van der Waals surface area contributed by atoms with Crippen LogP contribution in [-0.2, 0) is 0 Å². The van der Waals surface area contributed by atoms with E-state index < -0.39 is 6.10 Å². The number of hydrogen-bond acceptors (Lipinski definition) is 2. The van der Waals surface area contributed by atoms with Gasteiger partial charge in [0.15, 0.2) is 0 Å².